The molecule has 3 aromatic rings. The van der Waals surface area contributed by atoms with Gasteiger partial charge in [0.05, 0.1) is 17.3 Å². The quantitative estimate of drug-likeness (QED) is 0.527. The lowest BCUT2D eigenvalue weighted by Crippen LogP contribution is -2.44. The molecular formula is C23H24Cl2FN5O. The molecule has 1 fully saturated rings. The SMILES string of the molecule is CN1CCN(c2ccc(-c3cc(OCCc4c(Cl)ccc(F)c4Cl)c(N)nn3)cc2)CC1. The number of halogens is 3. The molecule has 1 aromatic heterocycles. The normalized spacial score (nSPS) is 14.6. The second-order valence-electron chi connectivity index (χ2n) is 7.74. The highest BCUT2D eigenvalue weighted by Crippen LogP contribution is 2.30. The summed E-state index contributed by atoms with van der Waals surface area (Å²) in [5.74, 6) is 0.0690. The van der Waals surface area contributed by atoms with Crippen molar-refractivity contribution >= 4 is 34.7 Å². The molecular weight excluding hydrogens is 452 g/mol. The maximum atomic E-state index is 13.7. The molecule has 0 saturated carbocycles. The van der Waals surface area contributed by atoms with E-state index >= 15 is 0 Å². The Balaban J connectivity index is 1.44. The van der Waals surface area contributed by atoms with Crippen LogP contribution in [0.2, 0.25) is 10.0 Å². The number of rotatable bonds is 6. The predicted molar refractivity (Wildman–Crippen MR) is 127 cm³/mol. The molecule has 4 rings (SSSR count). The fourth-order valence-corrected chi connectivity index (χ4v) is 4.17. The van der Waals surface area contributed by atoms with E-state index in [0.29, 0.717) is 28.5 Å². The molecule has 6 nitrogen and oxygen atoms in total. The van der Waals surface area contributed by atoms with Crippen LogP contribution in [0.25, 0.3) is 11.3 Å². The van der Waals surface area contributed by atoms with Gasteiger partial charge in [-0.2, -0.15) is 0 Å². The van der Waals surface area contributed by atoms with Gasteiger partial charge in [0.1, 0.15) is 5.82 Å². The van der Waals surface area contributed by atoms with Crippen LogP contribution in [0, 0.1) is 5.82 Å². The molecule has 0 atom stereocenters. The average Bonchev–Trinajstić information content (AvgIpc) is 2.80. The Morgan fingerprint density at radius 1 is 1.03 bits per heavy atom. The maximum absolute atomic E-state index is 13.7. The molecule has 0 amide bonds. The molecule has 0 unspecified atom stereocenters. The van der Waals surface area contributed by atoms with Crippen molar-refractivity contribution in [1.82, 2.24) is 15.1 Å². The number of benzene rings is 2. The van der Waals surface area contributed by atoms with Crippen LogP contribution in [0.1, 0.15) is 5.56 Å². The van der Waals surface area contributed by atoms with E-state index in [4.69, 9.17) is 33.7 Å². The average molecular weight is 476 g/mol. The summed E-state index contributed by atoms with van der Waals surface area (Å²) in [6, 6.07) is 12.7. The van der Waals surface area contributed by atoms with Gasteiger partial charge in [0.2, 0.25) is 0 Å². The van der Waals surface area contributed by atoms with Crippen molar-refractivity contribution in [2.24, 2.45) is 0 Å². The van der Waals surface area contributed by atoms with E-state index in [-0.39, 0.29) is 17.4 Å². The molecule has 168 valence electrons. The van der Waals surface area contributed by atoms with Gasteiger partial charge in [0.25, 0.3) is 0 Å². The molecule has 0 bridgehead atoms. The van der Waals surface area contributed by atoms with Gasteiger partial charge in [-0.15, -0.1) is 10.2 Å². The number of nitrogens with zero attached hydrogens (tertiary/aromatic N) is 4. The minimum Gasteiger partial charge on any atom is -0.489 e. The third-order valence-electron chi connectivity index (χ3n) is 5.57. The van der Waals surface area contributed by atoms with E-state index in [1.807, 2.05) is 12.1 Å². The Labute approximate surface area is 196 Å². The Kier molecular flexibility index (Phi) is 6.98. The number of hydrogen-bond acceptors (Lipinski definition) is 6. The smallest absolute Gasteiger partial charge is 0.188 e. The van der Waals surface area contributed by atoms with Gasteiger partial charge in [-0.05, 0) is 36.9 Å². The summed E-state index contributed by atoms with van der Waals surface area (Å²) < 4.78 is 19.5. The van der Waals surface area contributed by atoms with Gasteiger partial charge >= 0.3 is 0 Å². The molecule has 0 radical (unpaired) electrons. The molecule has 0 spiro atoms. The highest BCUT2D eigenvalue weighted by molar-refractivity contribution is 6.36. The first-order chi connectivity index (χ1) is 15.4. The zero-order valence-corrected chi connectivity index (χ0v) is 19.2. The lowest BCUT2D eigenvalue weighted by Gasteiger charge is -2.34. The summed E-state index contributed by atoms with van der Waals surface area (Å²) in [4.78, 5) is 4.70. The van der Waals surface area contributed by atoms with Crippen LogP contribution >= 0.6 is 23.2 Å². The van der Waals surface area contributed by atoms with Gasteiger partial charge in [0.15, 0.2) is 11.6 Å². The summed E-state index contributed by atoms with van der Waals surface area (Å²) in [5.41, 5.74) is 9.19. The second-order valence-corrected chi connectivity index (χ2v) is 8.52. The largest absolute Gasteiger partial charge is 0.489 e. The van der Waals surface area contributed by atoms with Crippen LogP contribution in [-0.2, 0) is 6.42 Å². The number of ether oxygens (including phenoxy) is 1. The predicted octanol–water partition coefficient (Wildman–Crippen LogP) is 4.55. The fourth-order valence-electron chi connectivity index (χ4n) is 3.61. The van der Waals surface area contributed by atoms with Gasteiger partial charge in [-0.25, -0.2) is 4.39 Å². The van der Waals surface area contributed by atoms with Crippen molar-refractivity contribution in [1.29, 1.82) is 0 Å². The van der Waals surface area contributed by atoms with Gasteiger partial charge in [0, 0.05) is 54.9 Å². The molecule has 1 saturated heterocycles. The number of aromatic nitrogens is 2. The van der Waals surface area contributed by atoms with Crippen LogP contribution in [0.4, 0.5) is 15.9 Å². The van der Waals surface area contributed by atoms with Crippen molar-refractivity contribution in [3.63, 3.8) is 0 Å². The third-order valence-corrected chi connectivity index (χ3v) is 6.33. The summed E-state index contributed by atoms with van der Waals surface area (Å²) in [6.45, 7) is 4.33. The zero-order chi connectivity index (χ0) is 22.7. The van der Waals surface area contributed by atoms with Crippen molar-refractivity contribution in [3.8, 4) is 17.0 Å². The molecule has 2 aromatic carbocycles. The number of anilines is 2. The second kappa shape index (κ2) is 9.90. The van der Waals surface area contributed by atoms with Crippen molar-refractivity contribution in [3.05, 3.63) is 63.9 Å². The minimum absolute atomic E-state index is 0.00283. The van der Waals surface area contributed by atoms with Crippen LogP contribution in [0.15, 0.2) is 42.5 Å². The standard InChI is InChI=1S/C23H24Cl2FN5O/c1-30-9-11-31(12-10-30)16-4-2-15(3-5-16)20-14-21(23(27)29-28-20)32-13-8-17-18(24)6-7-19(26)22(17)25/h2-7,14H,8-13H2,1H3,(H2,27,29). The van der Waals surface area contributed by atoms with Crippen LogP contribution < -0.4 is 15.4 Å². The summed E-state index contributed by atoms with van der Waals surface area (Å²) in [6.07, 6.45) is 0.326. The lowest BCUT2D eigenvalue weighted by molar-refractivity contribution is 0.313. The Morgan fingerprint density at radius 2 is 1.75 bits per heavy atom. The van der Waals surface area contributed by atoms with Gasteiger partial charge in [-0.3, -0.25) is 0 Å². The van der Waals surface area contributed by atoms with Crippen LogP contribution in [-0.4, -0.2) is 54.9 Å². The van der Waals surface area contributed by atoms with Gasteiger partial charge < -0.3 is 20.3 Å². The highest BCUT2D eigenvalue weighted by Gasteiger charge is 2.15. The summed E-state index contributed by atoms with van der Waals surface area (Å²) >= 11 is 12.2. The van der Waals surface area contributed by atoms with Gasteiger partial charge in [-0.1, -0.05) is 35.3 Å². The number of nitrogens with two attached hydrogens (primary N) is 1. The first-order valence-electron chi connectivity index (χ1n) is 10.3. The number of piperazine rings is 1. The fraction of sp³-hybridized carbons (Fsp3) is 0.304. The first-order valence-corrected chi connectivity index (χ1v) is 11.1. The molecule has 1 aliphatic rings. The van der Waals surface area contributed by atoms with Crippen molar-refractivity contribution < 1.29 is 9.13 Å². The van der Waals surface area contributed by atoms with Crippen LogP contribution in [0.3, 0.4) is 0 Å². The molecule has 1 aliphatic heterocycles. The summed E-state index contributed by atoms with van der Waals surface area (Å²) in [5, 5.41) is 8.62. The minimum atomic E-state index is -0.515. The van der Waals surface area contributed by atoms with E-state index in [9.17, 15) is 4.39 Å². The lowest BCUT2D eigenvalue weighted by atomic mass is 10.1. The zero-order valence-electron chi connectivity index (χ0n) is 17.7. The molecule has 32 heavy (non-hydrogen) atoms. The van der Waals surface area contributed by atoms with Crippen molar-refractivity contribution in [2.45, 2.75) is 6.42 Å². The first kappa shape index (κ1) is 22.6. The van der Waals surface area contributed by atoms with Crippen LogP contribution in [0.5, 0.6) is 5.75 Å². The van der Waals surface area contributed by atoms with E-state index in [1.165, 1.54) is 17.8 Å². The number of hydrogen-bond donors (Lipinski definition) is 1. The topological polar surface area (TPSA) is 67.5 Å². The highest BCUT2D eigenvalue weighted by atomic mass is 35.5. The van der Waals surface area contributed by atoms with E-state index in [1.54, 1.807) is 6.07 Å². The van der Waals surface area contributed by atoms with E-state index < -0.39 is 5.82 Å². The summed E-state index contributed by atoms with van der Waals surface area (Å²) in [7, 11) is 2.14. The number of nitrogen functional groups attached to an aromatic ring is 1. The van der Waals surface area contributed by atoms with E-state index in [0.717, 1.165) is 31.7 Å². The molecule has 9 heteroatoms. The monoisotopic (exact) mass is 475 g/mol. The number of likely N-dealkylation sites (N-methyl/N-ethyl adjacent to an activating group) is 1. The Morgan fingerprint density at radius 3 is 2.47 bits per heavy atom. The van der Waals surface area contributed by atoms with E-state index in [2.05, 4.69) is 39.2 Å². The Bertz CT molecular complexity index is 1090. The Hall–Kier alpha value is -2.61. The maximum Gasteiger partial charge on any atom is 0.188 e. The van der Waals surface area contributed by atoms with Crippen molar-refractivity contribution in [2.75, 3.05) is 50.5 Å². The molecule has 0 aliphatic carbocycles. The molecule has 2 heterocycles. The molecule has 2 N–H and O–H groups in total. The third kappa shape index (κ3) is 5.06.